The van der Waals surface area contributed by atoms with Crippen LogP contribution in [-0.2, 0) is 4.79 Å². The van der Waals surface area contributed by atoms with Crippen LogP contribution >= 0.6 is 0 Å². The normalized spacial score (nSPS) is 15.1. The first-order chi connectivity index (χ1) is 6.59. The van der Waals surface area contributed by atoms with E-state index in [1.54, 1.807) is 0 Å². The van der Waals surface area contributed by atoms with Gasteiger partial charge in [-0.2, -0.15) is 0 Å². The summed E-state index contributed by atoms with van der Waals surface area (Å²) in [7, 11) is 0. The molecular weight excluding hydrogens is 191 g/mol. The van der Waals surface area contributed by atoms with Gasteiger partial charge in [0, 0.05) is 0 Å². The molecule has 0 fully saturated rings. The second-order valence-electron chi connectivity index (χ2n) is 3.24. The predicted octanol–water partition coefficient (Wildman–Crippen LogP) is 0.713. The summed E-state index contributed by atoms with van der Waals surface area (Å²) in [5, 5.41) is 26.4. The van der Waals surface area contributed by atoms with Gasteiger partial charge >= 0.3 is 5.97 Å². The number of carboxylic acids is 1. The maximum absolute atomic E-state index is 11.6. The molecule has 84 valence electrons. The molecule has 5 heteroatoms. The molecule has 0 radical (unpaired) electrons. The van der Waals surface area contributed by atoms with Gasteiger partial charge in [0.25, 0.3) is 0 Å². The lowest BCUT2D eigenvalue weighted by Crippen LogP contribution is -2.33. The molecule has 0 heterocycles. The average molecular weight is 208 g/mol. The van der Waals surface area contributed by atoms with Gasteiger partial charge in [0.15, 0.2) is 6.10 Å². The van der Waals surface area contributed by atoms with Crippen molar-refractivity contribution in [1.29, 1.82) is 0 Å². The zero-order chi connectivity index (χ0) is 11.0. The fraction of sp³-hybridized carbons (Fsp3) is 0.889. The van der Waals surface area contributed by atoms with Crippen molar-refractivity contribution in [3.05, 3.63) is 0 Å². The molecule has 0 spiro atoms. The fourth-order valence-electron chi connectivity index (χ4n) is 1.12. The van der Waals surface area contributed by atoms with Gasteiger partial charge in [-0.05, 0) is 12.8 Å². The molecule has 0 aromatic carbocycles. The van der Waals surface area contributed by atoms with Crippen molar-refractivity contribution in [2.75, 3.05) is 6.67 Å². The van der Waals surface area contributed by atoms with Gasteiger partial charge in [0.2, 0.25) is 0 Å². The molecule has 0 bridgehead atoms. The largest absolute Gasteiger partial charge is 0.479 e. The maximum atomic E-state index is 11.6. The minimum Gasteiger partial charge on any atom is -0.479 e. The standard InChI is InChI=1S/C9H17FO4/c10-6-4-2-1-3-5-7(11)8(12)9(13)14/h7-8,11-12H,1-6H2,(H,13,14). The summed E-state index contributed by atoms with van der Waals surface area (Å²) >= 11 is 0. The zero-order valence-electron chi connectivity index (χ0n) is 8.03. The van der Waals surface area contributed by atoms with Crippen LogP contribution in [0.2, 0.25) is 0 Å². The Morgan fingerprint density at radius 2 is 1.71 bits per heavy atom. The third-order valence-electron chi connectivity index (χ3n) is 2.00. The Morgan fingerprint density at radius 3 is 2.21 bits per heavy atom. The van der Waals surface area contributed by atoms with Gasteiger partial charge in [-0.25, -0.2) is 4.79 Å². The molecule has 2 unspecified atom stereocenters. The lowest BCUT2D eigenvalue weighted by atomic mass is 10.1. The number of carbonyl (C=O) groups is 1. The summed E-state index contributed by atoms with van der Waals surface area (Å²) in [5.41, 5.74) is 0. The molecule has 2 atom stereocenters. The summed E-state index contributed by atoms with van der Waals surface area (Å²) in [6, 6.07) is 0. The molecule has 0 saturated carbocycles. The van der Waals surface area contributed by atoms with Crippen LogP contribution in [-0.4, -0.2) is 40.2 Å². The van der Waals surface area contributed by atoms with E-state index in [1.165, 1.54) is 0 Å². The van der Waals surface area contributed by atoms with Crippen LogP contribution in [0.5, 0.6) is 0 Å². The van der Waals surface area contributed by atoms with Crippen LogP contribution < -0.4 is 0 Å². The van der Waals surface area contributed by atoms with E-state index in [0.29, 0.717) is 12.8 Å². The number of hydrogen-bond donors (Lipinski definition) is 3. The van der Waals surface area contributed by atoms with Crippen molar-refractivity contribution in [3.8, 4) is 0 Å². The van der Waals surface area contributed by atoms with E-state index in [1.807, 2.05) is 0 Å². The smallest absolute Gasteiger partial charge is 0.335 e. The number of hydrogen-bond acceptors (Lipinski definition) is 3. The van der Waals surface area contributed by atoms with Gasteiger partial charge in [0.05, 0.1) is 12.8 Å². The SMILES string of the molecule is O=C(O)C(O)C(O)CCCCCCF. The summed E-state index contributed by atoms with van der Waals surface area (Å²) in [6.07, 6.45) is -0.128. The van der Waals surface area contributed by atoms with E-state index >= 15 is 0 Å². The van der Waals surface area contributed by atoms with Crippen LogP contribution in [0.1, 0.15) is 32.1 Å². The van der Waals surface area contributed by atoms with Crippen LogP contribution in [0.4, 0.5) is 4.39 Å². The van der Waals surface area contributed by atoms with Crippen LogP contribution in [0.15, 0.2) is 0 Å². The number of aliphatic hydroxyl groups is 2. The van der Waals surface area contributed by atoms with Crippen LogP contribution in [0.25, 0.3) is 0 Å². The maximum Gasteiger partial charge on any atom is 0.335 e. The minimum absolute atomic E-state index is 0.236. The monoisotopic (exact) mass is 208 g/mol. The Morgan fingerprint density at radius 1 is 1.14 bits per heavy atom. The topological polar surface area (TPSA) is 77.8 Å². The van der Waals surface area contributed by atoms with Gasteiger partial charge in [-0.15, -0.1) is 0 Å². The van der Waals surface area contributed by atoms with Gasteiger partial charge in [-0.1, -0.05) is 19.3 Å². The predicted molar refractivity (Wildman–Crippen MR) is 48.7 cm³/mol. The van der Waals surface area contributed by atoms with E-state index in [9.17, 15) is 9.18 Å². The number of aliphatic hydroxyl groups excluding tert-OH is 2. The van der Waals surface area contributed by atoms with Crippen molar-refractivity contribution in [1.82, 2.24) is 0 Å². The molecule has 3 N–H and O–H groups in total. The van der Waals surface area contributed by atoms with Crippen molar-refractivity contribution in [2.24, 2.45) is 0 Å². The number of rotatable bonds is 8. The molecule has 0 aliphatic carbocycles. The minimum atomic E-state index is -1.71. The van der Waals surface area contributed by atoms with Gasteiger partial charge < -0.3 is 15.3 Å². The molecule has 0 aliphatic heterocycles. The molecule has 0 aliphatic rings. The van der Waals surface area contributed by atoms with Crippen LogP contribution in [0.3, 0.4) is 0 Å². The van der Waals surface area contributed by atoms with E-state index in [-0.39, 0.29) is 13.1 Å². The third-order valence-corrected chi connectivity index (χ3v) is 2.00. The fourth-order valence-corrected chi connectivity index (χ4v) is 1.12. The molecule has 0 aromatic rings. The van der Waals surface area contributed by atoms with E-state index in [4.69, 9.17) is 15.3 Å². The summed E-state index contributed by atoms with van der Waals surface area (Å²) < 4.78 is 11.6. The summed E-state index contributed by atoms with van der Waals surface area (Å²) in [6.45, 7) is -0.347. The molecule has 0 saturated heterocycles. The Kier molecular flexibility index (Phi) is 7.32. The molecule has 0 aromatic heterocycles. The van der Waals surface area contributed by atoms with Gasteiger partial charge in [-0.3, -0.25) is 4.39 Å². The first-order valence-corrected chi connectivity index (χ1v) is 4.74. The highest BCUT2D eigenvalue weighted by molar-refractivity contribution is 5.72. The molecule has 4 nitrogen and oxygen atoms in total. The first-order valence-electron chi connectivity index (χ1n) is 4.74. The second kappa shape index (κ2) is 7.70. The molecule has 0 amide bonds. The first kappa shape index (κ1) is 13.3. The number of unbranched alkanes of at least 4 members (excludes halogenated alkanes) is 3. The second-order valence-corrected chi connectivity index (χ2v) is 3.24. The number of aliphatic carboxylic acids is 1. The molecular formula is C9H17FO4. The number of carboxylic acid groups (broad SMARTS) is 1. The third kappa shape index (κ3) is 5.88. The lowest BCUT2D eigenvalue weighted by Gasteiger charge is -2.13. The van der Waals surface area contributed by atoms with Crippen molar-refractivity contribution in [3.63, 3.8) is 0 Å². The molecule has 14 heavy (non-hydrogen) atoms. The van der Waals surface area contributed by atoms with Crippen LogP contribution in [0, 0.1) is 0 Å². The van der Waals surface area contributed by atoms with E-state index in [0.717, 1.165) is 12.8 Å². The number of halogens is 1. The highest BCUT2D eigenvalue weighted by Gasteiger charge is 2.22. The highest BCUT2D eigenvalue weighted by atomic mass is 19.1. The Balaban J connectivity index is 3.43. The Hall–Kier alpha value is -0.680. The summed E-state index contributed by atoms with van der Waals surface area (Å²) in [4.78, 5) is 10.2. The van der Waals surface area contributed by atoms with E-state index in [2.05, 4.69) is 0 Å². The Labute approximate surface area is 82.4 Å². The quantitative estimate of drug-likeness (QED) is 0.513. The molecule has 0 rings (SSSR count). The van der Waals surface area contributed by atoms with Gasteiger partial charge in [0.1, 0.15) is 0 Å². The number of alkyl halides is 1. The van der Waals surface area contributed by atoms with E-state index < -0.39 is 18.2 Å². The Bertz CT molecular complexity index is 163. The lowest BCUT2D eigenvalue weighted by molar-refractivity contribution is -0.153. The average Bonchev–Trinajstić information content (AvgIpc) is 2.16. The highest BCUT2D eigenvalue weighted by Crippen LogP contribution is 2.08. The van der Waals surface area contributed by atoms with Crippen molar-refractivity contribution >= 4 is 5.97 Å². The summed E-state index contributed by atoms with van der Waals surface area (Å²) in [5.74, 6) is -1.42. The van der Waals surface area contributed by atoms with Crippen molar-refractivity contribution < 1.29 is 24.5 Å². The zero-order valence-corrected chi connectivity index (χ0v) is 8.03. The van der Waals surface area contributed by atoms with Crippen molar-refractivity contribution in [2.45, 2.75) is 44.3 Å².